The summed E-state index contributed by atoms with van der Waals surface area (Å²) in [6, 6.07) is 8.48. The zero-order valence-corrected chi connectivity index (χ0v) is 17.7. The number of piperidine rings is 1. The van der Waals surface area contributed by atoms with Crippen molar-refractivity contribution in [2.24, 2.45) is 5.92 Å². The number of halogens is 1. The van der Waals surface area contributed by atoms with Crippen LogP contribution in [-0.2, 0) is 19.6 Å². The number of sulfonamides is 1. The molecule has 1 saturated heterocycles. The summed E-state index contributed by atoms with van der Waals surface area (Å²) in [6.07, 6.45) is 1.36. The van der Waals surface area contributed by atoms with Crippen LogP contribution in [0, 0.1) is 11.7 Å². The lowest BCUT2D eigenvalue weighted by Gasteiger charge is -2.34. The lowest BCUT2D eigenvalue weighted by atomic mass is 9.97. The van der Waals surface area contributed by atoms with Gasteiger partial charge in [0.05, 0.1) is 28.7 Å². The second kappa shape index (κ2) is 9.34. The summed E-state index contributed by atoms with van der Waals surface area (Å²) in [5.74, 6) is -2.46. The molecule has 0 amide bonds. The molecule has 10 heteroatoms. The van der Waals surface area contributed by atoms with Crippen molar-refractivity contribution in [3.05, 3.63) is 53.8 Å². The first kappa shape index (κ1) is 22.5. The van der Waals surface area contributed by atoms with Crippen molar-refractivity contribution in [1.82, 2.24) is 0 Å². The number of rotatable bonds is 7. The van der Waals surface area contributed by atoms with Gasteiger partial charge in [0.15, 0.2) is 0 Å². The molecule has 1 heterocycles. The van der Waals surface area contributed by atoms with Gasteiger partial charge in [-0.25, -0.2) is 17.6 Å². The molecule has 3 rings (SSSR count). The summed E-state index contributed by atoms with van der Waals surface area (Å²) in [4.78, 5) is 25.6. The molecule has 2 N–H and O–H groups in total. The Morgan fingerprint density at radius 1 is 1.23 bits per heavy atom. The zero-order valence-electron chi connectivity index (χ0n) is 16.9. The van der Waals surface area contributed by atoms with Gasteiger partial charge in [0.25, 0.3) is 10.0 Å². The number of anilines is 2. The first-order valence-corrected chi connectivity index (χ1v) is 11.3. The number of esters is 1. The minimum atomic E-state index is -4.02. The van der Waals surface area contributed by atoms with Crippen LogP contribution in [0.1, 0.15) is 30.1 Å². The number of hydrogen-bond donors (Lipinski definition) is 2. The van der Waals surface area contributed by atoms with E-state index in [9.17, 15) is 27.5 Å². The van der Waals surface area contributed by atoms with Crippen molar-refractivity contribution < 1.29 is 32.2 Å². The van der Waals surface area contributed by atoms with E-state index < -0.39 is 21.8 Å². The van der Waals surface area contributed by atoms with E-state index in [-0.39, 0.29) is 34.6 Å². The van der Waals surface area contributed by atoms with Gasteiger partial charge < -0.3 is 14.7 Å². The number of hydrogen-bond acceptors (Lipinski definition) is 6. The third-order valence-electron chi connectivity index (χ3n) is 4.99. The Kier molecular flexibility index (Phi) is 6.79. The minimum absolute atomic E-state index is 0.0597. The molecule has 0 aromatic heterocycles. The van der Waals surface area contributed by atoms with Crippen LogP contribution in [0.4, 0.5) is 15.8 Å². The first-order valence-electron chi connectivity index (χ1n) is 9.78. The molecule has 0 spiro atoms. The van der Waals surface area contributed by atoms with Gasteiger partial charge in [0, 0.05) is 18.8 Å². The van der Waals surface area contributed by atoms with E-state index in [1.807, 2.05) is 0 Å². The highest BCUT2D eigenvalue weighted by atomic mass is 32.2. The van der Waals surface area contributed by atoms with Crippen LogP contribution in [0.5, 0.6) is 0 Å². The molecule has 0 bridgehead atoms. The SMILES string of the molecule is CCOC(=O)C1CCCN(c2ccc(NS(=O)(=O)c3ccc(F)cc3)cc2C(=O)O)C1. The number of carboxylic acid groups (broad SMARTS) is 1. The van der Waals surface area contributed by atoms with Crippen LogP contribution in [0.3, 0.4) is 0 Å². The second-order valence-corrected chi connectivity index (χ2v) is 8.82. The molecule has 0 radical (unpaired) electrons. The Morgan fingerprint density at radius 2 is 1.94 bits per heavy atom. The quantitative estimate of drug-likeness (QED) is 0.623. The van der Waals surface area contributed by atoms with E-state index in [0.717, 1.165) is 24.3 Å². The lowest BCUT2D eigenvalue weighted by Crippen LogP contribution is -2.40. The third kappa shape index (κ3) is 5.32. The summed E-state index contributed by atoms with van der Waals surface area (Å²) in [7, 11) is -4.02. The second-order valence-electron chi connectivity index (χ2n) is 7.13. The maximum atomic E-state index is 13.1. The Morgan fingerprint density at radius 3 is 2.58 bits per heavy atom. The van der Waals surface area contributed by atoms with Crippen LogP contribution >= 0.6 is 0 Å². The first-order chi connectivity index (χ1) is 14.7. The van der Waals surface area contributed by atoms with E-state index in [2.05, 4.69) is 4.72 Å². The standard InChI is InChI=1S/C21H23FN2O6S/c1-2-30-21(27)14-4-3-11-24(13-14)19-10-7-16(12-18(19)20(25)26)23-31(28,29)17-8-5-15(22)6-9-17/h5-10,12,14,23H,2-4,11,13H2,1H3,(H,25,26). The van der Waals surface area contributed by atoms with E-state index in [0.29, 0.717) is 31.6 Å². The summed E-state index contributed by atoms with van der Waals surface area (Å²) in [5.41, 5.74) is 0.361. The fourth-order valence-corrected chi connectivity index (χ4v) is 4.57. The van der Waals surface area contributed by atoms with Gasteiger partial charge in [-0.15, -0.1) is 0 Å². The van der Waals surface area contributed by atoms with Crippen molar-refractivity contribution in [3.63, 3.8) is 0 Å². The number of aromatic carboxylic acids is 1. The number of carboxylic acids is 1. The number of nitrogens with zero attached hydrogens (tertiary/aromatic N) is 1. The van der Waals surface area contributed by atoms with Gasteiger partial charge in [0.2, 0.25) is 0 Å². The number of nitrogens with one attached hydrogen (secondary N) is 1. The lowest BCUT2D eigenvalue weighted by molar-refractivity contribution is -0.148. The van der Waals surface area contributed by atoms with Crippen molar-refractivity contribution in [3.8, 4) is 0 Å². The molecule has 0 saturated carbocycles. The highest BCUT2D eigenvalue weighted by molar-refractivity contribution is 7.92. The maximum absolute atomic E-state index is 13.1. The number of benzene rings is 2. The summed E-state index contributed by atoms with van der Waals surface area (Å²) in [5, 5.41) is 9.69. The molecule has 0 aliphatic carbocycles. The predicted molar refractivity (Wildman–Crippen MR) is 112 cm³/mol. The third-order valence-corrected chi connectivity index (χ3v) is 6.38. The molecule has 1 aliphatic rings. The Bertz CT molecular complexity index is 1070. The Hall–Kier alpha value is -3.14. The van der Waals surface area contributed by atoms with Crippen LogP contribution in [0.15, 0.2) is 47.4 Å². The molecule has 2 aromatic rings. The largest absolute Gasteiger partial charge is 0.478 e. The number of ether oxygens (including phenoxy) is 1. The van der Waals surface area contributed by atoms with Gasteiger partial charge in [-0.2, -0.15) is 0 Å². The minimum Gasteiger partial charge on any atom is -0.478 e. The van der Waals surface area contributed by atoms with Gasteiger partial charge in [0.1, 0.15) is 5.82 Å². The molecular weight excluding hydrogens is 427 g/mol. The van der Waals surface area contributed by atoms with Crippen LogP contribution in [0.25, 0.3) is 0 Å². The molecule has 31 heavy (non-hydrogen) atoms. The molecular formula is C21H23FN2O6S. The molecule has 1 fully saturated rings. The number of carbonyl (C=O) groups excluding carboxylic acids is 1. The monoisotopic (exact) mass is 450 g/mol. The van der Waals surface area contributed by atoms with Crippen molar-refractivity contribution in [1.29, 1.82) is 0 Å². The Labute approximate surface area is 179 Å². The average molecular weight is 450 g/mol. The fourth-order valence-electron chi connectivity index (χ4n) is 3.52. The molecule has 166 valence electrons. The highest BCUT2D eigenvalue weighted by Gasteiger charge is 2.29. The van der Waals surface area contributed by atoms with Crippen LogP contribution in [0.2, 0.25) is 0 Å². The fraction of sp³-hybridized carbons (Fsp3) is 0.333. The van der Waals surface area contributed by atoms with E-state index >= 15 is 0 Å². The van der Waals surface area contributed by atoms with E-state index in [4.69, 9.17) is 4.74 Å². The van der Waals surface area contributed by atoms with Crippen molar-refractivity contribution >= 4 is 33.3 Å². The molecule has 1 unspecified atom stereocenters. The molecule has 8 nitrogen and oxygen atoms in total. The van der Waals surface area contributed by atoms with Crippen LogP contribution in [-0.4, -0.2) is 45.2 Å². The summed E-state index contributed by atoms with van der Waals surface area (Å²) in [6.45, 7) is 2.89. The molecule has 1 atom stereocenters. The summed E-state index contributed by atoms with van der Waals surface area (Å²) < 4.78 is 45.5. The molecule has 2 aromatic carbocycles. The van der Waals surface area contributed by atoms with Crippen molar-refractivity contribution in [2.75, 3.05) is 29.3 Å². The zero-order chi connectivity index (χ0) is 22.6. The van der Waals surface area contributed by atoms with Crippen molar-refractivity contribution in [2.45, 2.75) is 24.7 Å². The number of carbonyl (C=O) groups is 2. The average Bonchev–Trinajstić information content (AvgIpc) is 2.74. The highest BCUT2D eigenvalue weighted by Crippen LogP contribution is 2.30. The smallest absolute Gasteiger partial charge is 0.337 e. The van der Waals surface area contributed by atoms with Gasteiger partial charge in [-0.3, -0.25) is 9.52 Å². The van der Waals surface area contributed by atoms with E-state index in [1.54, 1.807) is 11.8 Å². The maximum Gasteiger partial charge on any atom is 0.337 e. The normalized spacial score (nSPS) is 16.6. The van der Waals surface area contributed by atoms with Crippen LogP contribution < -0.4 is 9.62 Å². The molecule has 1 aliphatic heterocycles. The predicted octanol–water partition coefficient (Wildman–Crippen LogP) is 3.10. The topological polar surface area (TPSA) is 113 Å². The Balaban J connectivity index is 1.85. The van der Waals surface area contributed by atoms with E-state index in [1.165, 1.54) is 18.2 Å². The van der Waals surface area contributed by atoms with Gasteiger partial charge >= 0.3 is 11.9 Å². The summed E-state index contributed by atoms with van der Waals surface area (Å²) >= 11 is 0. The van der Waals surface area contributed by atoms with Gasteiger partial charge in [-0.1, -0.05) is 0 Å². The van der Waals surface area contributed by atoms with Gasteiger partial charge in [-0.05, 0) is 62.2 Å².